The summed E-state index contributed by atoms with van der Waals surface area (Å²) in [4.78, 5) is 12.2. The van der Waals surface area contributed by atoms with Crippen LogP contribution in [0.2, 0.25) is 15.1 Å². The Morgan fingerprint density at radius 2 is 1.81 bits per heavy atom. The Morgan fingerprint density at radius 1 is 1.00 bits per heavy atom. The van der Waals surface area contributed by atoms with E-state index in [1.807, 2.05) is 13.0 Å². The SMILES string of the molecule is COc1cc(/C=N\NC(=O)c2ccc(C)c(Cl)c2)ccc1OCc1ccc(Cl)cc1Cl. The molecule has 0 aliphatic carbocycles. The molecule has 0 saturated carbocycles. The number of benzene rings is 3. The number of nitrogens with zero attached hydrogens (tertiary/aromatic N) is 1. The van der Waals surface area contributed by atoms with E-state index < -0.39 is 0 Å². The Balaban J connectivity index is 1.64. The molecule has 0 atom stereocenters. The van der Waals surface area contributed by atoms with Crippen LogP contribution in [-0.2, 0) is 6.61 Å². The number of ether oxygens (including phenoxy) is 2. The highest BCUT2D eigenvalue weighted by atomic mass is 35.5. The molecule has 0 aliphatic rings. The van der Waals surface area contributed by atoms with Crippen molar-refractivity contribution in [3.8, 4) is 11.5 Å². The van der Waals surface area contributed by atoms with E-state index in [1.54, 1.807) is 55.6 Å². The van der Waals surface area contributed by atoms with Crippen LogP contribution in [-0.4, -0.2) is 19.2 Å². The third kappa shape index (κ3) is 6.14. The fourth-order valence-corrected chi connectivity index (χ4v) is 3.29. The van der Waals surface area contributed by atoms with Crippen LogP contribution in [0, 0.1) is 6.92 Å². The first-order chi connectivity index (χ1) is 14.9. The number of methoxy groups -OCH3 is 1. The molecule has 0 bridgehead atoms. The van der Waals surface area contributed by atoms with Crippen molar-refractivity contribution in [1.82, 2.24) is 5.43 Å². The first-order valence-electron chi connectivity index (χ1n) is 9.21. The van der Waals surface area contributed by atoms with E-state index in [1.165, 1.54) is 6.21 Å². The summed E-state index contributed by atoms with van der Waals surface area (Å²) in [5, 5.41) is 5.61. The van der Waals surface area contributed by atoms with E-state index >= 15 is 0 Å². The summed E-state index contributed by atoms with van der Waals surface area (Å²) in [5.74, 6) is 0.708. The van der Waals surface area contributed by atoms with Gasteiger partial charge in [-0.15, -0.1) is 0 Å². The maximum atomic E-state index is 12.2. The lowest BCUT2D eigenvalue weighted by atomic mass is 10.1. The van der Waals surface area contributed by atoms with Gasteiger partial charge in [0.2, 0.25) is 0 Å². The van der Waals surface area contributed by atoms with E-state index in [0.717, 1.165) is 16.7 Å². The lowest BCUT2D eigenvalue weighted by Crippen LogP contribution is -2.17. The van der Waals surface area contributed by atoms with E-state index in [-0.39, 0.29) is 12.5 Å². The molecule has 3 aromatic carbocycles. The van der Waals surface area contributed by atoms with Crippen LogP contribution >= 0.6 is 34.8 Å². The van der Waals surface area contributed by atoms with Crippen molar-refractivity contribution < 1.29 is 14.3 Å². The number of halogens is 3. The Morgan fingerprint density at radius 3 is 2.52 bits per heavy atom. The van der Waals surface area contributed by atoms with Gasteiger partial charge in [-0.25, -0.2) is 5.43 Å². The first-order valence-corrected chi connectivity index (χ1v) is 10.3. The Kier molecular flexibility index (Phi) is 7.80. The number of nitrogens with one attached hydrogen (secondary N) is 1. The molecule has 3 aromatic rings. The topological polar surface area (TPSA) is 59.9 Å². The van der Waals surface area contributed by atoms with Crippen molar-refractivity contribution in [2.24, 2.45) is 5.10 Å². The number of hydrogen-bond donors (Lipinski definition) is 1. The van der Waals surface area contributed by atoms with Gasteiger partial charge in [0, 0.05) is 26.2 Å². The van der Waals surface area contributed by atoms with Crippen LogP contribution in [0.1, 0.15) is 27.0 Å². The van der Waals surface area contributed by atoms with Crippen molar-refractivity contribution in [1.29, 1.82) is 0 Å². The van der Waals surface area contributed by atoms with Crippen LogP contribution in [0.15, 0.2) is 59.7 Å². The number of rotatable bonds is 7. The summed E-state index contributed by atoms with van der Waals surface area (Å²) in [7, 11) is 1.54. The molecule has 1 amide bonds. The van der Waals surface area contributed by atoms with Crippen LogP contribution in [0.5, 0.6) is 11.5 Å². The smallest absolute Gasteiger partial charge is 0.271 e. The Bertz CT molecular complexity index is 1130. The van der Waals surface area contributed by atoms with E-state index in [9.17, 15) is 4.79 Å². The van der Waals surface area contributed by atoms with Gasteiger partial charge in [0.15, 0.2) is 11.5 Å². The average molecular weight is 478 g/mol. The van der Waals surface area contributed by atoms with Gasteiger partial charge in [0.05, 0.1) is 13.3 Å². The molecule has 1 N–H and O–H groups in total. The molecule has 0 aromatic heterocycles. The number of hydrazone groups is 1. The van der Waals surface area contributed by atoms with Crippen molar-refractivity contribution in [2.75, 3.05) is 7.11 Å². The zero-order valence-electron chi connectivity index (χ0n) is 16.8. The molecule has 0 heterocycles. The number of amides is 1. The summed E-state index contributed by atoms with van der Waals surface area (Å²) in [6, 6.07) is 15.6. The molecule has 31 heavy (non-hydrogen) atoms. The predicted molar refractivity (Wildman–Crippen MR) is 125 cm³/mol. The molecule has 0 saturated heterocycles. The molecule has 0 spiro atoms. The molecular formula is C23H19Cl3N2O3. The highest BCUT2D eigenvalue weighted by Gasteiger charge is 2.09. The maximum absolute atomic E-state index is 12.2. The monoisotopic (exact) mass is 476 g/mol. The number of aryl methyl sites for hydroxylation is 1. The largest absolute Gasteiger partial charge is 0.493 e. The molecule has 3 rings (SSSR count). The molecule has 160 valence electrons. The van der Waals surface area contributed by atoms with Gasteiger partial charge < -0.3 is 9.47 Å². The highest BCUT2D eigenvalue weighted by Crippen LogP contribution is 2.29. The third-order valence-electron chi connectivity index (χ3n) is 4.40. The summed E-state index contributed by atoms with van der Waals surface area (Å²) in [6.07, 6.45) is 1.51. The predicted octanol–water partition coefficient (Wildman–Crippen LogP) is 6.31. The minimum atomic E-state index is -0.357. The fourth-order valence-electron chi connectivity index (χ4n) is 2.64. The minimum absolute atomic E-state index is 0.259. The zero-order chi connectivity index (χ0) is 22.4. The standard InChI is InChI=1S/C23H19Cl3N2O3/c1-14-3-5-16(10-19(14)25)23(29)28-27-12-15-4-8-21(22(9-15)30-2)31-13-17-6-7-18(24)11-20(17)26/h3-12H,13H2,1-2H3,(H,28,29)/b27-12-. The molecule has 8 heteroatoms. The van der Waals surface area contributed by atoms with Gasteiger partial charge in [-0.3, -0.25) is 4.79 Å². The molecule has 0 unspecified atom stereocenters. The van der Waals surface area contributed by atoms with E-state index in [2.05, 4.69) is 10.5 Å². The van der Waals surface area contributed by atoms with Crippen LogP contribution in [0.3, 0.4) is 0 Å². The molecule has 0 aliphatic heterocycles. The minimum Gasteiger partial charge on any atom is -0.493 e. The van der Waals surface area contributed by atoms with Crippen molar-refractivity contribution in [2.45, 2.75) is 13.5 Å². The first kappa shape index (κ1) is 22.9. The summed E-state index contributed by atoms with van der Waals surface area (Å²) in [6.45, 7) is 2.13. The van der Waals surface area contributed by atoms with E-state index in [0.29, 0.717) is 32.1 Å². The van der Waals surface area contributed by atoms with E-state index in [4.69, 9.17) is 44.3 Å². The van der Waals surface area contributed by atoms with Crippen molar-refractivity contribution in [3.63, 3.8) is 0 Å². The second kappa shape index (κ2) is 10.5. The lowest BCUT2D eigenvalue weighted by molar-refractivity contribution is 0.0955. The third-order valence-corrected chi connectivity index (χ3v) is 5.39. The Hall–Kier alpha value is -2.73. The normalized spacial score (nSPS) is 10.9. The molecule has 5 nitrogen and oxygen atoms in total. The molecule has 0 fully saturated rings. The van der Waals surface area contributed by atoms with Crippen molar-refractivity contribution >= 4 is 46.9 Å². The van der Waals surface area contributed by atoms with Gasteiger partial charge >= 0.3 is 0 Å². The molecule has 0 radical (unpaired) electrons. The van der Waals surface area contributed by atoms with Crippen LogP contribution < -0.4 is 14.9 Å². The van der Waals surface area contributed by atoms with Gasteiger partial charge in [-0.2, -0.15) is 5.10 Å². The lowest BCUT2D eigenvalue weighted by Gasteiger charge is -2.12. The Labute approximate surface area is 195 Å². The zero-order valence-corrected chi connectivity index (χ0v) is 19.1. The summed E-state index contributed by atoms with van der Waals surface area (Å²) in [5.41, 5.74) is 5.32. The average Bonchev–Trinajstić information content (AvgIpc) is 2.75. The summed E-state index contributed by atoms with van der Waals surface area (Å²) >= 11 is 18.2. The fraction of sp³-hybridized carbons (Fsp3) is 0.130. The second-order valence-electron chi connectivity index (χ2n) is 6.60. The number of hydrogen-bond acceptors (Lipinski definition) is 4. The van der Waals surface area contributed by atoms with Gasteiger partial charge in [-0.05, 0) is 60.5 Å². The van der Waals surface area contributed by atoms with Crippen molar-refractivity contribution in [3.05, 3.63) is 91.9 Å². The van der Waals surface area contributed by atoms with Crippen LogP contribution in [0.4, 0.5) is 0 Å². The quantitative estimate of drug-likeness (QED) is 0.320. The number of carbonyl (C=O) groups is 1. The second-order valence-corrected chi connectivity index (χ2v) is 7.85. The van der Waals surface area contributed by atoms with Gasteiger partial charge in [0.25, 0.3) is 5.91 Å². The maximum Gasteiger partial charge on any atom is 0.271 e. The number of carbonyl (C=O) groups excluding carboxylic acids is 1. The van der Waals surface area contributed by atoms with Gasteiger partial charge in [-0.1, -0.05) is 46.9 Å². The molecular weight excluding hydrogens is 459 g/mol. The summed E-state index contributed by atoms with van der Waals surface area (Å²) < 4.78 is 11.2. The van der Waals surface area contributed by atoms with Crippen LogP contribution in [0.25, 0.3) is 0 Å². The van der Waals surface area contributed by atoms with Gasteiger partial charge in [0.1, 0.15) is 6.61 Å². The highest BCUT2D eigenvalue weighted by molar-refractivity contribution is 6.35.